The van der Waals surface area contributed by atoms with E-state index in [0.717, 1.165) is 18.9 Å². The molecule has 1 N–H and O–H groups in total. The summed E-state index contributed by atoms with van der Waals surface area (Å²) in [4.78, 5) is 0. The van der Waals surface area contributed by atoms with Gasteiger partial charge in [-0.05, 0) is 31.7 Å². The van der Waals surface area contributed by atoms with E-state index < -0.39 is 0 Å². The summed E-state index contributed by atoms with van der Waals surface area (Å²) in [5.41, 5.74) is 0. The van der Waals surface area contributed by atoms with Crippen molar-refractivity contribution in [1.29, 1.82) is 0 Å². The number of hydrogen-bond donors (Lipinski definition) is 1. The lowest BCUT2D eigenvalue weighted by molar-refractivity contribution is 0.483. The summed E-state index contributed by atoms with van der Waals surface area (Å²) in [6, 6.07) is 0. The van der Waals surface area contributed by atoms with Gasteiger partial charge in [-0.1, -0.05) is 26.2 Å². The minimum absolute atomic E-state index is 0.339. The summed E-state index contributed by atoms with van der Waals surface area (Å²) < 4.78 is 0. The summed E-state index contributed by atoms with van der Waals surface area (Å²) in [5.74, 6) is 0.936. The fraction of sp³-hybridized carbons (Fsp3) is 1.00. The molecule has 0 aromatic carbocycles. The number of hydrogen-bond acceptors (Lipinski definition) is 1. The zero-order valence-corrected chi connectivity index (χ0v) is 9.45. The molecule has 0 aliphatic heterocycles. The summed E-state index contributed by atoms with van der Waals surface area (Å²) >= 11 is 6.10. The Morgan fingerprint density at radius 3 is 2.69 bits per heavy atom. The van der Waals surface area contributed by atoms with Gasteiger partial charge in [0.1, 0.15) is 0 Å². The first kappa shape index (κ1) is 11.3. The van der Waals surface area contributed by atoms with Crippen molar-refractivity contribution in [3.05, 3.63) is 0 Å². The lowest BCUT2D eigenvalue weighted by Gasteiger charge is -2.13. The van der Waals surface area contributed by atoms with Crippen molar-refractivity contribution in [1.82, 2.24) is 5.32 Å². The minimum atomic E-state index is 0.339. The van der Waals surface area contributed by atoms with Gasteiger partial charge in [0, 0.05) is 11.9 Å². The van der Waals surface area contributed by atoms with Crippen molar-refractivity contribution < 1.29 is 0 Å². The van der Waals surface area contributed by atoms with Crippen LogP contribution in [-0.2, 0) is 0 Å². The van der Waals surface area contributed by atoms with Crippen LogP contribution in [0, 0.1) is 5.92 Å². The van der Waals surface area contributed by atoms with Gasteiger partial charge in [0.25, 0.3) is 0 Å². The molecule has 1 nitrogen and oxygen atoms in total. The Bertz CT molecular complexity index is 121. The highest BCUT2D eigenvalue weighted by molar-refractivity contribution is 6.20. The van der Waals surface area contributed by atoms with E-state index in [0.29, 0.717) is 5.38 Å². The standard InChI is InChI=1S/C11H22ClN/c1-2-5-11(12)9-13-8-10-6-3-4-7-10/h10-11,13H,2-9H2,1H3. The van der Waals surface area contributed by atoms with Crippen LogP contribution >= 0.6 is 11.6 Å². The van der Waals surface area contributed by atoms with E-state index in [4.69, 9.17) is 11.6 Å². The Hall–Kier alpha value is 0.250. The van der Waals surface area contributed by atoms with Gasteiger partial charge in [-0.2, -0.15) is 0 Å². The molecule has 1 atom stereocenters. The van der Waals surface area contributed by atoms with Crippen molar-refractivity contribution in [2.24, 2.45) is 5.92 Å². The molecule has 1 aliphatic rings. The SMILES string of the molecule is CCCC(Cl)CNCC1CCCC1. The molecule has 0 saturated heterocycles. The predicted octanol–water partition coefficient (Wildman–Crippen LogP) is 3.17. The number of halogens is 1. The monoisotopic (exact) mass is 203 g/mol. The van der Waals surface area contributed by atoms with Crippen molar-refractivity contribution in [3.8, 4) is 0 Å². The Morgan fingerprint density at radius 1 is 1.38 bits per heavy atom. The molecular weight excluding hydrogens is 182 g/mol. The summed E-state index contributed by atoms with van der Waals surface area (Å²) in [5, 5.41) is 3.82. The fourth-order valence-corrected chi connectivity index (χ4v) is 2.40. The largest absolute Gasteiger partial charge is 0.315 e. The molecule has 0 radical (unpaired) electrons. The van der Waals surface area contributed by atoms with Crippen molar-refractivity contribution in [3.63, 3.8) is 0 Å². The van der Waals surface area contributed by atoms with Crippen LogP contribution in [0.15, 0.2) is 0 Å². The predicted molar refractivity (Wildman–Crippen MR) is 59.4 cm³/mol. The van der Waals surface area contributed by atoms with Gasteiger partial charge in [-0.25, -0.2) is 0 Å². The van der Waals surface area contributed by atoms with E-state index in [1.807, 2.05) is 0 Å². The van der Waals surface area contributed by atoms with E-state index in [9.17, 15) is 0 Å². The maximum Gasteiger partial charge on any atom is 0.0460 e. The molecule has 0 heterocycles. The molecule has 78 valence electrons. The van der Waals surface area contributed by atoms with Crippen LogP contribution in [0.25, 0.3) is 0 Å². The molecule has 1 saturated carbocycles. The summed E-state index contributed by atoms with van der Waals surface area (Å²) in [6.45, 7) is 4.37. The van der Waals surface area contributed by atoms with Gasteiger partial charge in [0.05, 0.1) is 0 Å². The van der Waals surface area contributed by atoms with E-state index in [1.54, 1.807) is 0 Å². The average molecular weight is 204 g/mol. The van der Waals surface area contributed by atoms with Crippen molar-refractivity contribution in [2.45, 2.75) is 50.8 Å². The second-order valence-corrected chi connectivity index (χ2v) is 4.81. The molecule has 2 heteroatoms. The normalized spacial score (nSPS) is 20.8. The van der Waals surface area contributed by atoms with Crippen LogP contribution in [0.5, 0.6) is 0 Å². The Labute approximate surface area is 87.2 Å². The lowest BCUT2D eigenvalue weighted by Crippen LogP contribution is -2.27. The van der Waals surface area contributed by atoms with E-state index in [-0.39, 0.29) is 0 Å². The van der Waals surface area contributed by atoms with E-state index in [1.165, 1.54) is 38.6 Å². The van der Waals surface area contributed by atoms with Crippen LogP contribution in [-0.4, -0.2) is 18.5 Å². The molecule has 1 rings (SSSR count). The zero-order valence-electron chi connectivity index (χ0n) is 8.69. The van der Waals surface area contributed by atoms with E-state index >= 15 is 0 Å². The number of nitrogens with one attached hydrogen (secondary N) is 1. The molecule has 0 aromatic rings. The van der Waals surface area contributed by atoms with E-state index in [2.05, 4.69) is 12.2 Å². The van der Waals surface area contributed by atoms with Gasteiger partial charge < -0.3 is 5.32 Å². The maximum atomic E-state index is 6.10. The third-order valence-electron chi connectivity index (χ3n) is 2.88. The third-order valence-corrected chi connectivity index (χ3v) is 3.25. The molecule has 0 aromatic heterocycles. The first-order valence-electron chi connectivity index (χ1n) is 5.67. The zero-order chi connectivity index (χ0) is 9.52. The highest BCUT2D eigenvalue weighted by atomic mass is 35.5. The van der Waals surface area contributed by atoms with Gasteiger partial charge in [-0.15, -0.1) is 11.6 Å². The Morgan fingerprint density at radius 2 is 2.08 bits per heavy atom. The van der Waals surface area contributed by atoms with Crippen LogP contribution in [0.1, 0.15) is 45.4 Å². The molecule has 0 amide bonds. The topological polar surface area (TPSA) is 12.0 Å². The second-order valence-electron chi connectivity index (χ2n) is 4.19. The highest BCUT2D eigenvalue weighted by Gasteiger charge is 2.14. The smallest absolute Gasteiger partial charge is 0.0460 e. The Balaban J connectivity index is 1.93. The molecule has 0 spiro atoms. The fourth-order valence-electron chi connectivity index (χ4n) is 2.07. The van der Waals surface area contributed by atoms with Gasteiger partial charge >= 0.3 is 0 Å². The van der Waals surface area contributed by atoms with Crippen LogP contribution < -0.4 is 5.32 Å². The first-order valence-corrected chi connectivity index (χ1v) is 6.11. The highest BCUT2D eigenvalue weighted by Crippen LogP contribution is 2.23. The molecule has 1 unspecified atom stereocenters. The van der Waals surface area contributed by atoms with Crippen LogP contribution in [0.2, 0.25) is 0 Å². The van der Waals surface area contributed by atoms with Crippen molar-refractivity contribution in [2.75, 3.05) is 13.1 Å². The molecule has 1 aliphatic carbocycles. The van der Waals surface area contributed by atoms with Crippen LogP contribution in [0.3, 0.4) is 0 Å². The van der Waals surface area contributed by atoms with Gasteiger partial charge in [-0.3, -0.25) is 0 Å². The van der Waals surface area contributed by atoms with Gasteiger partial charge in [0.2, 0.25) is 0 Å². The summed E-state index contributed by atoms with van der Waals surface area (Å²) in [7, 11) is 0. The number of rotatable bonds is 6. The number of alkyl halides is 1. The Kier molecular flexibility index (Phi) is 5.81. The summed E-state index contributed by atoms with van der Waals surface area (Å²) in [6.07, 6.45) is 8.05. The third kappa shape index (κ3) is 4.87. The molecule has 13 heavy (non-hydrogen) atoms. The molecular formula is C11H22ClN. The van der Waals surface area contributed by atoms with Crippen molar-refractivity contribution >= 4 is 11.6 Å². The first-order chi connectivity index (χ1) is 6.33. The molecule has 1 fully saturated rings. The maximum absolute atomic E-state index is 6.10. The minimum Gasteiger partial charge on any atom is -0.315 e. The quantitative estimate of drug-likeness (QED) is 0.654. The van der Waals surface area contributed by atoms with Crippen LogP contribution in [0.4, 0.5) is 0 Å². The average Bonchev–Trinajstić information content (AvgIpc) is 2.57. The lowest BCUT2D eigenvalue weighted by atomic mass is 10.1. The van der Waals surface area contributed by atoms with Gasteiger partial charge in [0.15, 0.2) is 0 Å². The molecule has 0 bridgehead atoms. The second kappa shape index (κ2) is 6.67.